The van der Waals surface area contributed by atoms with E-state index in [-0.39, 0.29) is 17.9 Å². The van der Waals surface area contributed by atoms with Crippen LogP contribution in [0.1, 0.15) is 37.6 Å². The molecule has 2 aliphatic rings. The van der Waals surface area contributed by atoms with Crippen LogP contribution < -0.4 is 14.8 Å². The molecule has 2 heterocycles. The molecule has 7 nitrogen and oxygen atoms in total. The zero-order valence-electron chi connectivity index (χ0n) is 15.5. The van der Waals surface area contributed by atoms with E-state index >= 15 is 0 Å². The molecule has 1 aromatic carbocycles. The third-order valence-electron chi connectivity index (χ3n) is 4.29. The second kappa shape index (κ2) is 7.43. The molecule has 1 saturated heterocycles. The fourth-order valence-corrected chi connectivity index (χ4v) is 3.02. The average molecular weight is 362 g/mol. The average Bonchev–Trinajstić information content (AvgIpc) is 3.07. The van der Waals surface area contributed by atoms with Gasteiger partial charge in [0, 0.05) is 25.2 Å². The van der Waals surface area contributed by atoms with Gasteiger partial charge >= 0.3 is 6.09 Å². The van der Waals surface area contributed by atoms with Crippen LogP contribution in [0.5, 0.6) is 11.5 Å². The maximum atomic E-state index is 12.4. The number of fused-ring (bicyclic) bond motifs is 1. The van der Waals surface area contributed by atoms with E-state index in [1.165, 1.54) is 0 Å². The quantitative estimate of drug-likeness (QED) is 0.894. The minimum atomic E-state index is -0.498. The number of hydrogen-bond acceptors (Lipinski definition) is 5. The Labute approximate surface area is 153 Å². The fraction of sp³-hybridized carbons (Fsp3) is 0.579. The van der Waals surface area contributed by atoms with E-state index in [9.17, 15) is 9.59 Å². The van der Waals surface area contributed by atoms with Crippen LogP contribution >= 0.6 is 0 Å². The minimum Gasteiger partial charge on any atom is -0.486 e. The van der Waals surface area contributed by atoms with Crippen LogP contribution in [0.4, 0.5) is 4.79 Å². The molecule has 0 bridgehead atoms. The van der Waals surface area contributed by atoms with Crippen molar-refractivity contribution in [1.29, 1.82) is 0 Å². The fourth-order valence-electron chi connectivity index (χ4n) is 3.02. The summed E-state index contributed by atoms with van der Waals surface area (Å²) in [7, 11) is 0. The number of amides is 2. The number of rotatable bonds is 3. The van der Waals surface area contributed by atoms with Crippen LogP contribution in [0.25, 0.3) is 0 Å². The van der Waals surface area contributed by atoms with E-state index in [0.29, 0.717) is 49.9 Å². The summed E-state index contributed by atoms with van der Waals surface area (Å²) in [5.41, 5.74) is 0.0398. The highest BCUT2D eigenvalue weighted by molar-refractivity contribution is 5.94. The van der Waals surface area contributed by atoms with E-state index in [1.54, 1.807) is 23.1 Å². The smallest absolute Gasteiger partial charge is 0.410 e. The first kappa shape index (κ1) is 18.4. The maximum absolute atomic E-state index is 12.4. The van der Waals surface area contributed by atoms with Crippen LogP contribution in [0, 0.1) is 5.92 Å². The van der Waals surface area contributed by atoms with Gasteiger partial charge in [-0.3, -0.25) is 4.79 Å². The highest BCUT2D eigenvalue weighted by atomic mass is 16.6. The monoisotopic (exact) mass is 362 g/mol. The van der Waals surface area contributed by atoms with E-state index in [0.717, 1.165) is 6.42 Å². The first-order chi connectivity index (χ1) is 12.3. The SMILES string of the molecule is CC(C)(C)OC(=O)N1CC[C@H](CNC(=O)c2ccc3c(c2)OCCO3)C1. The first-order valence-electron chi connectivity index (χ1n) is 8.97. The lowest BCUT2D eigenvalue weighted by atomic mass is 10.1. The molecule has 142 valence electrons. The number of carbonyl (C=O) groups is 2. The van der Waals surface area contributed by atoms with Gasteiger partial charge in [0.1, 0.15) is 18.8 Å². The van der Waals surface area contributed by atoms with E-state index in [1.807, 2.05) is 20.8 Å². The standard InChI is InChI=1S/C19H26N2O5/c1-19(2,3)26-18(23)21-7-6-13(12-21)11-20-17(22)14-4-5-15-16(10-14)25-9-8-24-15/h4-5,10,13H,6-9,11-12H2,1-3H3,(H,20,22)/t13-/m1/s1. The first-order valence-corrected chi connectivity index (χ1v) is 8.97. The summed E-state index contributed by atoms with van der Waals surface area (Å²) in [5.74, 6) is 1.33. The number of likely N-dealkylation sites (tertiary alicyclic amines) is 1. The highest BCUT2D eigenvalue weighted by Crippen LogP contribution is 2.30. The third kappa shape index (κ3) is 4.59. The number of benzene rings is 1. The van der Waals surface area contributed by atoms with Crippen molar-refractivity contribution in [3.8, 4) is 11.5 Å². The summed E-state index contributed by atoms with van der Waals surface area (Å²) in [6, 6.07) is 5.18. The van der Waals surface area contributed by atoms with Crippen molar-refractivity contribution < 1.29 is 23.8 Å². The molecule has 0 aromatic heterocycles. The number of nitrogens with zero attached hydrogens (tertiary/aromatic N) is 1. The van der Waals surface area contributed by atoms with Gasteiger partial charge in [-0.2, -0.15) is 0 Å². The minimum absolute atomic E-state index is 0.155. The van der Waals surface area contributed by atoms with Crippen LogP contribution in [0.2, 0.25) is 0 Å². The summed E-state index contributed by atoms with van der Waals surface area (Å²) >= 11 is 0. The Bertz CT molecular complexity index is 683. The summed E-state index contributed by atoms with van der Waals surface area (Å²) in [4.78, 5) is 26.2. The summed E-state index contributed by atoms with van der Waals surface area (Å²) < 4.78 is 16.4. The molecule has 0 saturated carbocycles. The molecule has 2 amide bonds. The van der Waals surface area contributed by atoms with Gasteiger partial charge < -0.3 is 24.4 Å². The summed E-state index contributed by atoms with van der Waals surface area (Å²) in [6.07, 6.45) is 0.555. The van der Waals surface area contributed by atoms with Crippen molar-refractivity contribution in [1.82, 2.24) is 10.2 Å². The Morgan fingerprint density at radius 3 is 2.69 bits per heavy atom. The molecular weight excluding hydrogens is 336 g/mol. The lowest BCUT2D eigenvalue weighted by molar-refractivity contribution is 0.0288. The molecule has 1 atom stereocenters. The Balaban J connectivity index is 1.49. The zero-order chi connectivity index (χ0) is 18.7. The molecule has 0 radical (unpaired) electrons. The van der Waals surface area contributed by atoms with Gasteiger partial charge in [-0.1, -0.05) is 0 Å². The van der Waals surface area contributed by atoms with Gasteiger partial charge in [-0.05, 0) is 51.3 Å². The van der Waals surface area contributed by atoms with Crippen molar-refractivity contribution in [2.45, 2.75) is 32.8 Å². The van der Waals surface area contributed by atoms with Crippen molar-refractivity contribution >= 4 is 12.0 Å². The van der Waals surface area contributed by atoms with Gasteiger partial charge in [0.25, 0.3) is 5.91 Å². The van der Waals surface area contributed by atoms with Gasteiger partial charge in [-0.25, -0.2) is 4.79 Å². The van der Waals surface area contributed by atoms with Crippen LogP contribution in [0.15, 0.2) is 18.2 Å². The molecule has 0 aliphatic carbocycles. The Morgan fingerprint density at radius 2 is 1.96 bits per heavy atom. The Hall–Kier alpha value is -2.44. The molecule has 3 rings (SSSR count). The number of hydrogen-bond donors (Lipinski definition) is 1. The molecule has 1 fully saturated rings. The molecular formula is C19H26N2O5. The predicted molar refractivity (Wildman–Crippen MR) is 95.7 cm³/mol. The van der Waals surface area contributed by atoms with Crippen molar-refractivity contribution in [3.63, 3.8) is 0 Å². The summed E-state index contributed by atoms with van der Waals surface area (Å²) in [5, 5.41) is 2.94. The number of ether oxygens (including phenoxy) is 3. The molecule has 26 heavy (non-hydrogen) atoms. The highest BCUT2D eigenvalue weighted by Gasteiger charge is 2.30. The second-order valence-corrected chi connectivity index (χ2v) is 7.65. The molecule has 1 aromatic rings. The molecule has 1 N–H and O–H groups in total. The van der Waals surface area contributed by atoms with Crippen molar-refractivity contribution in [2.24, 2.45) is 5.92 Å². The third-order valence-corrected chi connectivity index (χ3v) is 4.29. The normalized spacial score (nSPS) is 19.2. The molecule has 7 heteroatoms. The van der Waals surface area contributed by atoms with E-state index in [2.05, 4.69) is 5.32 Å². The van der Waals surface area contributed by atoms with E-state index in [4.69, 9.17) is 14.2 Å². The lowest BCUT2D eigenvalue weighted by Crippen LogP contribution is -2.36. The topological polar surface area (TPSA) is 77.1 Å². The lowest BCUT2D eigenvalue weighted by Gasteiger charge is -2.24. The van der Waals surface area contributed by atoms with E-state index < -0.39 is 5.60 Å². The largest absolute Gasteiger partial charge is 0.486 e. The maximum Gasteiger partial charge on any atom is 0.410 e. The second-order valence-electron chi connectivity index (χ2n) is 7.65. The zero-order valence-corrected chi connectivity index (χ0v) is 15.5. The van der Waals surface area contributed by atoms with Crippen LogP contribution in [-0.4, -0.2) is 55.3 Å². The van der Waals surface area contributed by atoms with Gasteiger partial charge in [0.15, 0.2) is 11.5 Å². The summed E-state index contributed by atoms with van der Waals surface area (Å²) in [6.45, 7) is 8.33. The Kier molecular flexibility index (Phi) is 5.25. The van der Waals surface area contributed by atoms with Gasteiger partial charge in [-0.15, -0.1) is 0 Å². The van der Waals surface area contributed by atoms with Gasteiger partial charge in [0.05, 0.1) is 0 Å². The predicted octanol–water partition coefficient (Wildman–Crippen LogP) is 2.44. The Morgan fingerprint density at radius 1 is 1.23 bits per heavy atom. The van der Waals surface area contributed by atoms with Crippen LogP contribution in [-0.2, 0) is 4.74 Å². The van der Waals surface area contributed by atoms with Crippen molar-refractivity contribution in [3.05, 3.63) is 23.8 Å². The molecule has 0 unspecified atom stereocenters. The number of nitrogens with one attached hydrogen (secondary N) is 1. The van der Waals surface area contributed by atoms with Crippen molar-refractivity contribution in [2.75, 3.05) is 32.8 Å². The number of carbonyl (C=O) groups excluding carboxylic acids is 2. The molecule has 2 aliphatic heterocycles. The van der Waals surface area contributed by atoms with Crippen LogP contribution in [0.3, 0.4) is 0 Å². The van der Waals surface area contributed by atoms with Gasteiger partial charge in [0.2, 0.25) is 0 Å². The molecule has 0 spiro atoms.